The SMILES string of the molecule is CC[C@@H](NC(=O)c1nccc2ccccc12)C(=O)O. The van der Waals surface area contributed by atoms with Crippen LogP contribution in [-0.4, -0.2) is 28.0 Å². The van der Waals surface area contributed by atoms with Crippen LogP contribution in [0.1, 0.15) is 23.8 Å². The Kier molecular flexibility index (Phi) is 3.75. The van der Waals surface area contributed by atoms with E-state index in [1.807, 2.05) is 18.2 Å². The number of nitrogens with zero attached hydrogens (tertiary/aromatic N) is 1. The van der Waals surface area contributed by atoms with Crippen molar-refractivity contribution in [1.29, 1.82) is 0 Å². The molecule has 98 valence electrons. The molecule has 0 aliphatic rings. The van der Waals surface area contributed by atoms with Gasteiger partial charge in [0.2, 0.25) is 0 Å². The highest BCUT2D eigenvalue weighted by atomic mass is 16.4. The van der Waals surface area contributed by atoms with Crippen LogP contribution in [0.4, 0.5) is 0 Å². The fraction of sp³-hybridized carbons (Fsp3) is 0.214. The molecule has 1 aromatic heterocycles. The monoisotopic (exact) mass is 258 g/mol. The Hall–Kier alpha value is -2.43. The van der Waals surface area contributed by atoms with Gasteiger partial charge in [0.25, 0.3) is 5.91 Å². The first-order chi connectivity index (χ1) is 9.13. The van der Waals surface area contributed by atoms with E-state index in [2.05, 4.69) is 10.3 Å². The molecule has 2 N–H and O–H groups in total. The molecule has 0 saturated carbocycles. The summed E-state index contributed by atoms with van der Waals surface area (Å²) in [5.74, 6) is -1.51. The molecule has 0 aliphatic carbocycles. The van der Waals surface area contributed by atoms with Gasteiger partial charge in [0.15, 0.2) is 0 Å². The van der Waals surface area contributed by atoms with Crippen LogP contribution >= 0.6 is 0 Å². The Morgan fingerprint density at radius 2 is 2.05 bits per heavy atom. The largest absolute Gasteiger partial charge is 0.480 e. The number of nitrogens with one attached hydrogen (secondary N) is 1. The van der Waals surface area contributed by atoms with E-state index in [0.717, 1.165) is 5.39 Å². The molecule has 1 amide bonds. The third-order valence-electron chi connectivity index (χ3n) is 2.90. The van der Waals surface area contributed by atoms with Crippen molar-refractivity contribution in [2.45, 2.75) is 19.4 Å². The summed E-state index contributed by atoms with van der Waals surface area (Å²) in [5, 5.41) is 13.0. The summed E-state index contributed by atoms with van der Waals surface area (Å²) >= 11 is 0. The van der Waals surface area contributed by atoms with Gasteiger partial charge in [0, 0.05) is 11.6 Å². The summed E-state index contributed by atoms with van der Waals surface area (Å²) in [7, 11) is 0. The minimum atomic E-state index is -1.05. The summed E-state index contributed by atoms with van der Waals surface area (Å²) < 4.78 is 0. The first-order valence-electron chi connectivity index (χ1n) is 6.01. The molecule has 5 nitrogen and oxygen atoms in total. The second-order valence-corrected chi connectivity index (χ2v) is 4.15. The zero-order valence-corrected chi connectivity index (χ0v) is 10.5. The van der Waals surface area contributed by atoms with Crippen LogP contribution in [0, 0.1) is 0 Å². The Balaban J connectivity index is 2.34. The van der Waals surface area contributed by atoms with Crippen molar-refractivity contribution in [2.24, 2.45) is 0 Å². The fourth-order valence-corrected chi connectivity index (χ4v) is 1.87. The fourth-order valence-electron chi connectivity index (χ4n) is 1.87. The standard InChI is InChI=1S/C14H14N2O3/c1-2-11(14(18)19)16-13(17)12-10-6-4-3-5-9(10)7-8-15-12/h3-8,11H,2H2,1H3,(H,16,17)(H,18,19)/t11-/m1/s1. The lowest BCUT2D eigenvalue weighted by molar-refractivity contribution is -0.139. The molecule has 5 heteroatoms. The number of aromatic nitrogens is 1. The van der Waals surface area contributed by atoms with Crippen LogP contribution in [0.2, 0.25) is 0 Å². The predicted molar refractivity (Wildman–Crippen MR) is 70.9 cm³/mol. The van der Waals surface area contributed by atoms with E-state index in [4.69, 9.17) is 5.11 Å². The number of rotatable bonds is 4. The first-order valence-corrected chi connectivity index (χ1v) is 6.01. The molecule has 19 heavy (non-hydrogen) atoms. The molecule has 2 aromatic rings. The molecule has 1 atom stereocenters. The molecular weight excluding hydrogens is 244 g/mol. The van der Waals surface area contributed by atoms with Gasteiger partial charge in [-0.1, -0.05) is 31.2 Å². The van der Waals surface area contributed by atoms with Crippen molar-refractivity contribution in [3.63, 3.8) is 0 Å². The summed E-state index contributed by atoms with van der Waals surface area (Å²) in [5.41, 5.74) is 0.248. The minimum absolute atomic E-state index is 0.248. The second-order valence-electron chi connectivity index (χ2n) is 4.15. The molecular formula is C14H14N2O3. The third kappa shape index (κ3) is 2.70. The quantitative estimate of drug-likeness (QED) is 0.876. The molecule has 0 bridgehead atoms. The minimum Gasteiger partial charge on any atom is -0.480 e. The zero-order chi connectivity index (χ0) is 13.8. The maximum absolute atomic E-state index is 12.1. The number of carbonyl (C=O) groups excluding carboxylic acids is 1. The Bertz CT molecular complexity index is 620. The van der Waals surface area contributed by atoms with Crippen molar-refractivity contribution in [1.82, 2.24) is 10.3 Å². The van der Waals surface area contributed by atoms with E-state index in [0.29, 0.717) is 11.8 Å². The molecule has 0 fully saturated rings. The lowest BCUT2D eigenvalue weighted by atomic mass is 10.1. The van der Waals surface area contributed by atoms with Gasteiger partial charge in [-0.2, -0.15) is 0 Å². The number of carboxylic acid groups (broad SMARTS) is 1. The zero-order valence-electron chi connectivity index (χ0n) is 10.5. The summed E-state index contributed by atoms with van der Waals surface area (Å²) in [6, 6.07) is 8.26. The number of carboxylic acids is 1. The van der Waals surface area contributed by atoms with Crippen LogP contribution in [-0.2, 0) is 4.79 Å². The topological polar surface area (TPSA) is 79.3 Å². The normalized spacial score (nSPS) is 12.1. The lowest BCUT2D eigenvalue weighted by Crippen LogP contribution is -2.40. The van der Waals surface area contributed by atoms with Crippen molar-refractivity contribution < 1.29 is 14.7 Å². The number of carbonyl (C=O) groups is 2. The maximum Gasteiger partial charge on any atom is 0.326 e. The van der Waals surface area contributed by atoms with Crippen molar-refractivity contribution in [2.75, 3.05) is 0 Å². The first kappa shape index (κ1) is 13.0. The van der Waals surface area contributed by atoms with E-state index in [1.165, 1.54) is 0 Å². The van der Waals surface area contributed by atoms with Gasteiger partial charge in [-0.25, -0.2) is 4.79 Å². The van der Waals surface area contributed by atoms with Gasteiger partial charge in [-0.15, -0.1) is 0 Å². The smallest absolute Gasteiger partial charge is 0.326 e. The van der Waals surface area contributed by atoms with Crippen LogP contribution in [0.15, 0.2) is 36.5 Å². The average molecular weight is 258 g/mol. The number of amides is 1. The van der Waals surface area contributed by atoms with E-state index in [9.17, 15) is 9.59 Å². The maximum atomic E-state index is 12.1. The van der Waals surface area contributed by atoms with Gasteiger partial charge in [-0.3, -0.25) is 9.78 Å². The Morgan fingerprint density at radius 1 is 1.32 bits per heavy atom. The van der Waals surface area contributed by atoms with Gasteiger partial charge in [0.1, 0.15) is 11.7 Å². The molecule has 1 aromatic carbocycles. The van der Waals surface area contributed by atoms with E-state index >= 15 is 0 Å². The lowest BCUT2D eigenvalue weighted by Gasteiger charge is -2.12. The van der Waals surface area contributed by atoms with E-state index in [-0.39, 0.29) is 5.69 Å². The molecule has 0 spiro atoms. The Morgan fingerprint density at radius 3 is 2.74 bits per heavy atom. The summed E-state index contributed by atoms with van der Waals surface area (Å²) in [6.07, 6.45) is 1.87. The third-order valence-corrected chi connectivity index (χ3v) is 2.90. The molecule has 0 radical (unpaired) electrons. The molecule has 0 aliphatic heterocycles. The van der Waals surface area contributed by atoms with Crippen LogP contribution < -0.4 is 5.32 Å². The van der Waals surface area contributed by atoms with Gasteiger partial charge < -0.3 is 10.4 Å². The van der Waals surface area contributed by atoms with Crippen LogP contribution in [0.5, 0.6) is 0 Å². The molecule has 1 heterocycles. The van der Waals surface area contributed by atoms with Crippen molar-refractivity contribution >= 4 is 22.6 Å². The molecule has 0 unspecified atom stereocenters. The number of pyridine rings is 1. The van der Waals surface area contributed by atoms with Crippen LogP contribution in [0.25, 0.3) is 10.8 Å². The number of hydrogen-bond donors (Lipinski definition) is 2. The number of aliphatic carboxylic acids is 1. The molecule has 0 saturated heterocycles. The van der Waals surface area contributed by atoms with Gasteiger partial charge >= 0.3 is 5.97 Å². The van der Waals surface area contributed by atoms with Gasteiger partial charge in [0.05, 0.1) is 0 Å². The highest BCUT2D eigenvalue weighted by molar-refractivity contribution is 6.06. The number of benzene rings is 1. The van der Waals surface area contributed by atoms with Gasteiger partial charge in [-0.05, 0) is 17.9 Å². The molecule has 2 rings (SSSR count). The summed E-state index contributed by atoms with van der Waals surface area (Å²) in [6.45, 7) is 1.70. The summed E-state index contributed by atoms with van der Waals surface area (Å²) in [4.78, 5) is 27.1. The van der Waals surface area contributed by atoms with Crippen molar-refractivity contribution in [3.8, 4) is 0 Å². The average Bonchev–Trinajstić information content (AvgIpc) is 2.43. The Labute approximate surface area is 110 Å². The van der Waals surface area contributed by atoms with E-state index in [1.54, 1.807) is 25.3 Å². The highest BCUT2D eigenvalue weighted by Crippen LogP contribution is 2.16. The van der Waals surface area contributed by atoms with Crippen LogP contribution in [0.3, 0.4) is 0 Å². The van der Waals surface area contributed by atoms with Crippen molar-refractivity contribution in [3.05, 3.63) is 42.2 Å². The number of fused-ring (bicyclic) bond motifs is 1. The van der Waals surface area contributed by atoms with E-state index < -0.39 is 17.9 Å². The number of hydrogen-bond acceptors (Lipinski definition) is 3. The highest BCUT2D eigenvalue weighted by Gasteiger charge is 2.20. The second kappa shape index (κ2) is 5.48. The predicted octanol–water partition coefficient (Wildman–Crippen LogP) is 1.83.